The number of aryl methyl sites for hydroxylation is 1. The molecule has 0 saturated heterocycles. The van der Waals surface area contributed by atoms with E-state index in [1.165, 1.54) is 16.9 Å². The van der Waals surface area contributed by atoms with E-state index in [1.807, 2.05) is 31.2 Å². The van der Waals surface area contributed by atoms with Crippen molar-refractivity contribution in [3.8, 4) is 5.75 Å². The number of likely N-dealkylation sites (N-methyl/N-ethyl adjacent to an activating group) is 1. The first kappa shape index (κ1) is 22.4. The molecule has 0 aliphatic rings. The maximum absolute atomic E-state index is 12.7. The topological polar surface area (TPSA) is 66.9 Å². The Kier molecular flexibility index (Phi) is 6.97. The maximum Gasteiger partial charge on any atom is 0.264 e. The van der Waals surface area contributed by atoms with Gasteiger partial charge < -0.3 is 9.64 Å². The molecule has 0 unspecified atom stereocenters. The highest BCUT2D eigenvalue weighted by Gasteiger charge is 2.21. The van der Waals surface area contributed by atoms with Crippen LogP contribution in [0.1, 0.15) is 11.1 Å². The zero-order valence-electron chi connectivity index (χ0n) is 17.9. The Balaban J connectivity index is 1.57. The van der Waals surface area contributed by atoms with E-state index >= 15 is 0 Å². The molecule has 0 aliphatic heterocycles. The Morgan fingerprint density at radius 1 is 0.871 bits per heavy atom. The molecular weight excluding hydrogens is 412 g/mol. The normalized spacial score (nSPS) is 11.1. The average molecular weight is 439 g/mol. The number of nitrogens with zero attached hydrogens (tertiary/aromatic N) is 2. The lowest BCUT2D eigenvalue weighted by atomic mass is 10.1. The van der Waals surface area contributed by atoms with Gasteiger partial charge in [-0.05, 0) is 48.9 Å². The van der Waals surface area contributed by atoms with Crippen molar-refractivity contribution in [2.24, 2.45) is 0 Å². The molecule has 0 bridgehead atoms. The average Bonchev–Trinajstić information content (AvgIpc) is 2.79. The van der Waals surface area contributed by atoms with E-state index in [4.69, 9.17) is 4.74 Å². The number of anilines is 1. The number of amides is 1. The lowest BCUT2D eigenvalue weighted by Gasteiger charge is -2.20. The second kappa shape index (κ2) is 9.66. The number of sulfonamides is 1. The zero-order chi connectivity index (χ0) is 22.4. The van der Waals surface area contributed by atoms with Gasteiger partial charge in [0.2, 0.25) is 0 Å². The van der Waals surface area contributed by atoms with Crippen LogP contribution in [0.3, 0.4) is 0 Å². The van der Waals surface area contributed by atoms with Crippen LogP contribution >= 0.6 is 0 Å². The predicted octanol–water partition coefficient (Wildman–Crippen LogP) is 3.86. The number of carbonyl (C=O) groups excluding carboxylic acids is 1. The van der Waals surface area contributed by atoms with Crippen LogP contribution in [0, 0.1) is 6.92 Å². The molecule has 3 rings (SSSR count). The minimum atomic E-state index is -3.64. The first-order chi connectivity index (χ1) is 14.8. The quantitative estimate of drug-likeness (QED) is 0.536. The molecule has 31 heavy (non-hydrogen) atoms. The van der Waals surface area contributed by atoms with E-state index in [2.05, 4.69) is 0 Å². The minimum Gasteiger partial charge on any atom is -0.484 e. The van der Waals surface area contributed by atoms with Crippen LogP contribution < -0.4 is 9.04 Å². The number of hydrogen-bond acceptors (Lipinski definition) is 4. The Labute approximate surface area is 183 Å². The van der Waals surface area contributed by atoms with E-state index in [-0.39, 0.29) is 17.4 Å². The summed E-state index contributed by atoms with van der Waals surface area (Å²) in [7, 11) is -0.407. The van der Waals surface area contributed by atoms with Crippen molar-refractivity contribution in [1.29, 1.82) is 0 Å². The Bertz CT molecular complexity index is 1110. The van der Waals surface area contributed by atoms with Gasteiger partial charge in [0, 0.05) is 20.6 Å². The van der Waals surface area contributed by atoms with Crippen molar-refractivity contribution < 1.29 is 17.9 Å². The fourth-order valence-electron chi connectivity index (χ4n) is 2.95. The van der Waals surface area contributed by atoms with E-state index in [1.54, 1.807) is 66.5 Å². The van der Waals surface area contributed by atoms with Crippen LogP contribution in [0.2, 0.25) is 0 Å². The lowest BCUT2D eigenvalue weighted by Crippen LogP contribution is -2.31. The lowest BCUT2D eigenvalue weighted by molar-refractivity contribution is -0.132. The zero-order valence-corrected chi connectivity index (χ0v) is 18.7. The highest BCUT2D eigenvalue weighted by Crippen LogP contribution is 2.24. The van der Waals surface area contributed by atoms with Gasteiger partial charge in [0.05, 0.1) is 10.6 Å². The summed E-state index contributed by atoms with van der Waals surface area (Å²) in [5.41, 5.74) is 2.72. The SMILES string of the molecule is Cc1ccc(CN(C)C(=O)COc2ccc(N(C)S(=O)(=O)c3ccccc3)cc2)cc1. The molecule has 0 aliphatic carbocycles. The highest BCUT2D eigenvalue weighted by molar-refractivity contribution is 7.92. The summed E-state index contributed by atoms with van der Waals surface area (Å²) in [4.78, 5) is 14.2. The van der Waals surface area contributed by atoms with Gasteiger partial charge in [0.15, 0.2) is 6.61 Å². The van der Waals surface area contributed by atoms with E-state index in [9.17, 15) is 13.2 Å². The highest BCUT2D eigenvalue weighted by atomic mass is 32.2. The first-order valence-corrected chi connectivity index (χ1v) is 11.3. The number of ether oxygens (including phenoxy) is 1. The van der Waals surface area contributed by atoms with Crippen LogP contribution in [0.25, 0.3) is 0 Å². The third-order valence-electron chi connectivity index (χ3n) is 4.93. The second-order valence-corrected chi connectivity index (χ2v) is 9.27. The van der Waals surface area contributed by atoms with Gasteiger partial charge in [-0.2, -0.15) is 0 Å². The van der Waals surface area contributed by atoms with Crippen LogP contribution in [-0.2, 0) is 21.4 Å². The fourth-order valence-corrected chi connectivity index (χ4v) is 4.17. The van der Waals surface area contributed by atoms with Crippen molar-refractivity contribution in [3.05, 3.63) is 90.0 Å². The van der Waals surface area contributed by atoms with Crippen molar-refractivity contribution >= 4 is 21.6 Å². The molecule has 0 aromatic heterocycles. The third kappa shape index (κ3) is 5.64. The summed E-state index contributed by atoms with van der Waals surface area (Å²) in [6.45, 7) is 2.43. The van der Waals surface area contributed by atoms with Crippen LogP contribution in [-0.4, -0.2) is 39.9 Å². The van der Waals surface area contributed by atoms with Crippen LogP contribution in [0.15, 0.2) is 83.8 Å². The predicted molar refractivity (Wildman–Crippen MR) is 122 cm³/mol. The summed E-state index contributed by atoms with van der Waals surface area (Å²) >= 11 is 0. The summed E-state index contributed by atoms with van der Waals surface area (Å²) in [5, 5.41) is 0. The molecule has 0 fully saturated rings. The van der Waals surface area contributed by atoms with Gasteiger partial charge >= 0.3 is 0 Å². The van der Waals surface area contributed by atoms with Crippen LogP contribution in [0.5, 0.6) is 5.75 Å². The maximum atomic E-state index is 12.7. The molecule has 6 nitrogen and oxygen atoms in total. The molecule has 3 aromatic carbocycles. The molecule has 3 aromatic rings. The van der Waals surface area contributed by atoms with Gasteiger partial charge in [0.1, 0.15) is 5.75 Å². The third-order valence-corrected chi connectivity index (χ3v) is 6.73. The summed E-state index contributed by atoms with van der Waals surface area (Å²) in [5.74, 6) is 0.347. The molecule has 0 saturated carbocycles. The molecule has 0 N–H and O–H groups in total. The monoisotopic (exact) mass is 438 g/mol. The van der Waals surface area contributed by atoms with Crippen molar-refractivity contribution in [1.82, 2.24) is 4.90 Å². The largest absolute Gasteiger partial charge is 0.484 e. The smallest absolute Gasteiger partial charge is 0.264 e. The van der Waals surface area contributed by atoms with Crippen molar-refractivity contribution in [2.75, 3.05) is 25.0 Å². The van der Waals surface area contributed by atoms with Crippen LogP contribution in [0.4, 0.5) is 5.69 Å². The molecule has 0 heterocycles. The standard InChI is InChI=1S/C24H26N2O4S/c1-19-9-11-20(12-10-19)17-25(2)24(27)18-30-22-15-13-21(14-16-22)26(3)31(28,29)23-7-5-4-6-8-23/h4-16H,17-18H2,1-3H3. The fraction of sp³-hybridized carbons (Fsp3) is 0.208. The molecule has 162 valence electrons. The molecule has 7 heteroatoms. The first-order valence-electron chi connectivity index (χ1n) is 9.84. The number of benzene rings is 3. The Hall–Kier alpha value is -3.32. The van der Waals surface area contributed by atoms with E-state index in [0.29, 0.717) is 18.0 Å². The molecule has 0 radical (unpaired) electrons. The van der Waals surface area contributed by atoms with E-state index in [0.717, 1.165) is 5.56 Å². The van der Waals surface area contributed by atoms with Gasteiger partial charge in [-0.15, -0.1) is 0 Å². The summed E-state index contributed by atoms with van der Waals surface area (Å²) in [6, 6.07) is 22.9. The Morgan fingerprint density at radius 2 is 1.48 bits per heavy atom. The van der Waals surface area contributed by atoms with Gasteiger partial charge in [-0.1, -0.05) is 48.0 Å². The molecule has 0 atom stereocenters. The number of rotatable bonds is 8. The van der Waals surface area contributed by atoms with Gasteiger partial charge in [-0.25, -0.2) is 8.42 Å². The van der Waals surface area contributed by atoms with Crippen molar-refractivity contribution in [2.45, 2.75) is 18.4 Å². The van der Waals surface area contributed by atoms with Crippen molar-refractivity contribution in [3.63, 3.8) is 0 Å². The summed E-state index contributed by atoms with van der Waals surface area (Å²) in [6.07, 6.45) is 0. The van der Waals surface area contributed by atoms with E-state index < -0.39 is 10.0 Å². The molecular formula is C24H26N2O4S. The number of carbonyl (C=O) groups is 1. The van der Waals surface area contributed by atoms with Gasteiger partial charge in [0.25, 0.3) is 15.9 Å². The molecule has 0 spiro atoms. The molecule has 1 amide bonds. The minimum absolute atomic E-state index is 0.0974. The Morgan fingerprint density at radius 3 is 2.10 bits per heavy atom. The summed E-state index contributed by atoms with van der Waals surface area (Å²) < 4.78 is 32.2. The number of hydrogen-bond donors (Lipinski definition) is 0. The van der Waals surface area contributed by atoms with Gasteiger partial charge in [-0.3, -0.25) is 9.10 Å². The second-order valence-electron chi connectivity index (χ2n) is 7.30.